The Labute approximate surface area is 120 Å². The van der Waals surface area contributed by atoms with E-state index in [1.54, 1.807) is 29.6 Å². The van der Waals surface area contributed by atoms with Gasteiger partial charge >= 0.3 is 0 Å². The lowest BCUT2D eigenvalue weighted by molar-refractivity contribution is 0.101. The molecule has 21 heavy (non-hydrogen) atoms. The summed E-state index contributed by atoms with van der Waals surface area (Å²) in [4.78, 5) is 16.6. The summed E-state index contributed by atoms with van der Waals surface area (Å²) in [6.07, 6.45) is 4.26. The van der Waals surface area contributed by atoms with Crippen molar-refractivity contribution in [2.45, 2.75) is 25.7 Å². The Kier molecular flexibility index (Phi) is 2.53. The molecule has 1 N–H and O–H groups in total. The highest BCUT2D eigenvalue weighted by Crippen LogP contribution is 2.39. The first-order valence-corrected chi connectivity index (χ1v) is 6.80. The van der Waals surface area contributed by atoms with Crippen LogP contribution in [-0.2, 0) is 0 Å². The number of aryl methyl sites for hydroxylation is 1. The smallest absolute Gasteiger partial charge is 0.278 e. The topological polar surface area (TPSA) is 85.3 Å². The van der Waals surface area contributed by atoms with Crippen LogP contribution in [0.5, 0.6) is 0 Å². The van der Waals surface area contributed by atoms with Crippen molar-refractivity contribution in [2.24, 2.45) is 0 Å². The molecule has 0 radical (unpaired) electrons. The van der Waals surface area contributed by atoms with Crippen molar-refractivity contribution in [2.75, 3.05) is 5.32 Å². The first-order valence-electron chi connectivity index (χ1n) is 6.80. The molecule has 1 fully saturated rings. The second-order valence-electron chi connectivity index (χ2n) is 5.25. The monoisotopic (exact) mass is 283 g/mol. The van der Waals surface area contributed by atoms with Crippen LogP contribution in [0.25, 0.3) is 5.65 Å². The normalized spacial score (nSPS) is 14.5. The number of carbonyl (C=O) groups is 1. The number of rotatable bonds is 3. The number of amides is 1. The summed E-state index contributed by atoms with van der Waals surface area (Å²) in [5.41, 5.74) is 2.81. The van der Waals surface area contributed by atoms with Gasteiger partial charge in [-0.25, -0.2) is 9.50 Å². The molecule has 7 heteroatoms. The molecule has 3 aromatic rings. The molecule has 3 heterocycles. The van der Waals surface area contributed by atoms with Crippen LogP contribution in [0.2, 0.25) is 0 Å². The molecule has 0 atom stereocenters. The molecule has 1 aliphatic rings. The van der Waals surface area contributed by atoms with Crippen LogP contribution in [0, 0.1) is 6.92 Å². The number of imidazole rings is 1. The summed E-state index contributed by atoms with van der Waals surface area (Å²) in [5.74, 6) is 0.527. The van der Waals surface area contributed by atoms with Gasteiger partial charge in [-0.05, 0) is 31.9 Å². The van der Waals surface area contributed by atoms with Crippen LogP contribution < -0.4 is 5.32 Å². The number of hydrogen-bond acceptors (Lipinski definition) is 5. The molecule has 0 aliphatic heterocycles. The van der Waals surface area contributed by atoms with Crippen molar-refractivity contribution >= 4 is 17.4 Å². The fourth-order valence-electron chi connectivity index (χ4n) is 2.20. The molecule has 1 aliphatic carbocycles. The van der Waals surface area contributed by atoms with E-state index in [9.17, 15) is 4.79 Å². The van der Waals surface area contributed by atoms with Crippen molar-refractivity contribution in [1.82, 2.24) is 19.8 Å². The first-order chi connectivity index (χ1) is 10.2. The van der Waals surface area contributed by atoms with Crippen molar-refractivity contribution < 1.29 is 9.32 Å². The lowest BCUT2D eigenvalue weighted by Gasteiger charge is -2.00. The maximum atomic E-state index is 12.1. The van der Waals surface area contributed by atoms with Gasteiger partial charge in [0.25, 0.3) is 5.91 Å². The summed E-state index contributed by atoms with van der Waals surface area (Å²) in [7, 11) is 0. The lowest BCUT2D eigenvalue weighted by atomic mass is 10.3. The molecule has 0 spiro atoms. The van der Waals surface area contributed by atoms with Crippen molar-refractivity contribution in [3.8, 4) is 0 Å². The van der Waals surface area contributed by atoms with Crippen LogP contribution in [0.4, 0.5) is 5.88 Å². The number of aromatic nitrogens is 4. The minimum absolute atomic E-state index is 0.302. The summed E-state index contributed by atoms with van der Waals surface area (Å²) in [5, 5.41) is 10.6. The Hall–Kier alpha value is -2.70. The van der Waals surface area contributed by atoms with Gasteiger partial charge in [0.05, 0.1) is 17.6 Å². The third-order valence-electron chi connectivity index (χ3n) is 3.43. The van der Waals surface area contributed by atoms with E-state index < -0.39 is 0 Å². The maximum absolute atomic E-state index is 12.1. The van der Waals surface area contributed by atoms with Crippen molar-refractivity contribution in [3.05, 3.63) is 41.5 Å². The van der Waals surface area contributed by atoms with Gasteiger partial charge in [-0.1, -0.05) is 5.16 Å². The fraction of sp³-hybridized carbons (Fsp3) is 0.286. The quantitative estimate of drug-likeness (QED) is 0.796. The highest BCUT2D eigenvalue weighted by molar-refractivity contribution is 6.02. The third kappa shape index (κ3) is 2.26. The largest absolute Gasteiger partial charge is 0.338 e. The zero-order chi connectivity index (χ0) is 14.4. The Bertz CT molecular complexity index is 831. The Morgan fingerprint density at radius 1 is 1.43 bits per heavy atom. The van der Waals surface area contributed by atoms with Crippen LogP contribution >= 0.6 is 0 Å². The summed E-state index contributed by atoms with van der Waals surface area (Å²) in [6.45, 7) is 1.79. The average Bonchev–Trinajstić information content (AvgIpc) is 3.11. The van der Waals surface area contributed by atoms with Crippen LogP contribution in [0.1, 0.15) is 40.6 Å². The van der Waals surface area contributed by atoms with Gasteiger partial charge in [-0.2, -0.15) is 5.10 Å². The number of fused-ring (bicyclic) bond motifs is 1. The highest BCUT2D eigenvalue weighted by atomic mass is 16.5. The standard InChI is InChI=1S/C14H13N5O2/c1-8-6-13(21-18-8)16-14(20)10-4-5-12-15-11(9-2-3-9)7-19(12)17-10/h4-7,9H,2-3H2,1H3,(H,16,20). The molecule has 3 aromatic heterocycles. The van der Waals surface area contributed by atoms with Gasteiger partial charge in [-0.15, -0.1) is 0 Å². The van der Waals surface area contributed by atoms with Gasteiger partial charge in [-0.3, -0.25) is 10.1 Å². The Morgan fingerprint density at radius 3 is 3.00 bits per heavy atom. The van der Waals surface area contributed by atoms with Gasteiger partial charge < -0.3 is 4.52 Å². The Morgan fingerprint density at radius 2 is 2.29 bits per heavy atom. The number of carbonyl (C=O) groups excluding carboxylic acids is 1. The van der Waals surface area contributed by atoms with Gasteiger partial charge in [0.1, 0.15) is 5.69 Å². The first kappa shape index (κ1) is 12.1. The molecule has 1 saturated carbocycles. The molecule has 106 valence electrons. The van der Waals surface area contributed by atoms with Gasteiger partial charge in [0.15, 0.2) is 5.65 Å². The van der Waals surface area contributed by atoms with E-state index >= 15 is 0 Å². The number of hydrogen-bond donors (Lipinski definition) is 1. The summed E-state index contributed by atoms with van der Waals surface area (Å²) < 4.78 is 6.61. The lowest BCUT2D eigenvalue weighted by Crippen LogP contribution is -2.14. The molecule has 0 unspecified atom stereocenters. The fourth-order valence-corrected chi connectivity index (χ4v) is 2.20. The van der Waals surface area contributed by atoms with Crippen LogP contribution in [0.3, 0.4) is 0 Å². The second kappa shape index (κ2) is 4.41. The van der Waals surface area contributed by atoms with E-state index in [0.717, 1.165) is 11.3 Å². The predicted octanol–water partition coefficient (Wildman–Crippen LogP) is 2.16. The average molecular weight is 283 g/mol. The molecular formula is C14H13N5O2. The van der Waals surface area contributed by atoms with E-state index in [2.05, 4.69) is 20.6 Å². The number of anilines is 1. The third-order valence-corrected chi connectivity index (χ3v) is 3.43. The van der Waals surface area contributed by atoms with E-state index in [-0.39, 0.29) is 5.91 Å². The van der Waals surface area contributed by atoms with Gasteiger partial charge in [0, 0.05) is 12.0 Å². The Balaban J connectivity index is 1.61. The summed E-state index contributed by atoms with van der Waals surface area (Å²) >= 11 is 0. The zero-order valence-electron chi connectivity index (χ0n) is 11.4. The van der Waals surface area contributed by atoms with E-state index in [4.69, 9.17) is 4.52 Å². The minimum Gasteiger partial charge on any atom is -0.338 e. The molecule has 7 nitrogen and oxygen atoms in total. The number of nitrogens with one attached hydrogen (secondary N) is 1. The summed E-state index contributed by atoms with van der Waals surface area (Å²) in [6, 6.07) is 5.09. The molecule has 4 rings (SSSR count). The van der Waals surface area contributed by atoms with Crippen molar-refractivity contribution in [3.63, 3.8) is 0 Å². The van der Waals surface area contributed by atoms with Crippen molar-refractivity contribution in [1.29, 1.82) is 0 Å². The molecular weight excluding hydrogens is 270 g/mol. The SMILES string of the molecule is Cc1cc(NC(=O)c2ccc3nc(C4CC4)cn3n2)on1. The molecule has 1 amide bonds. The van der Waals surface area contributed by atoms with E-state index in [0.29, 0.717) is 23.2 Å². The van der Waals surface area contributed by atoms with Gasteiger partial charge in [0.2, 0.25) is 5.88 Å². The van der Waals surface area contributed by atoms with E-state index in [1.807, 2.05) is 6.20 Å². The van der Waals surface area contributed by atoms with Crippen LogP contribution in [-0.4, -0.2) is 25.7 Å². The van der Waals surface area contributed by atoms with E-state index in [1.165, 1.54) is 12.8 Å². The predicted molar refractivity (Wildman–Crippen MR) is 74.2 cm³/mol. The molecule has 0 saturated heterocycles. The second-order valence-corrected chi connectivity index (χ2v) is 5.25. The van der Waals surface area contributed by atoms with Crippen LogP contribution in [0.15, 0.2) is 28.9 Å². The zero-order valence-corrected chi connectivity index (χ0v) is 11.4. The molecule has 0 bridgehead atoms. The highest BCUT2D eigenvalue weighted by Gasteiger charge is 2.26. The molecule has 0 aromatic carbocycles. The minimum atomic E-state index is -0.338. The number of nitrogens with zero attached hydrogens (tertiary/aromatic N) is 4. The maximum Gasteiger partial charge on any atom is 0.278 e.